The fraction of sp³-hybridized carbons (Fsp3) is 0.667. The van der Waals surface area contributed by atoms with Crippen molar-refractivity contribution in [1.82, 2.24) is 0 Å². The van der Waals surface area contributed by atoms with E-state index in [-0.39, 0.29) is 6.10 Å². The molecular weight excluding hydrogens is 268 g/mol. The summed E-state index contributed by atoms with van der Waals surface area (Å²) in [5.41, 5.74) is 2.00. The highest BCUT2D eigenvalue weighted by atomic mass is 35.5. The monoisotopic (exact) mass is 296 g/mol. The highest BCUT2D eigenvalue weighted by Gasteiger charge is 2.11. The molecule has 0 saturated carbocycles. The largest absolute Gasteiger partial charge is 0.388 e. The molecule has 0 aliphatic carbocycles. The first-order chi connectivity index (χ1) is 9.66. The molecule has 20 heavy (non-hydrogen) atoms. The lowest BCUT2D eigenvalue weighted by Crippen LogP contribution is -2.00. The number of benzene rings is 1. The van der Waals surface area contributed by atoms with E-state index < -0.39 is 0 Å². The number of unbranched alkanes of at least 4 members (excludes halogenated alkanes) is 7. The van der Waals surface area contributed by atoms with Gasteiger partial charge in [-0.25, -0.2) is 0 Å². The van der Waals surface area contributed by atoms with Gasteiger partial charge in [0, 0.05) is 5.02 Å². The number of aliphatic hydroxyl groups is 1. The van der Waals surface area contributed by atoms with Crippen LogP contribution in [0.15, 0.2) is 18.2 Å². The summed E-state index contributed by atoms with van der Waals surface area (Å²) in [7, 11) is 0. The highest BCUT2D eigenvalue weighted by Crippen LogP contribution is 2.27. The predicted molar refractivity (Wildman–Crippen MR) is 88.4 cm³/mol. The van der Waals surface area contributed by atoms with E-state index in [0.717, 1.165) is 29.0 Å². The van der Waals surface area contributed by atoms with Gasteiger partial charge >= 0.3 is 0 Å². The molecule has 1 atom stereocenters. The van der Waals surface area contributed by atoms with Crippen LogP contribution < -0.4 is 0 Å². The molecule has 0 amide bonds. The van der Waals surface area contributed by atoms with E-state index in [1.54, 1.807) is 0 Å². The summed E-state index contributed by atoms with van der Waals surface area (Å²) in [6.45, 7) is 4.23. The van der Waals surface area contributed by atoms with Crippen molar-refractivity contribution in [3.8, 4) is 0 Å². The minimum Gasteiger partial charge on any atom is -0.388 e. The van der Waals surface area contributed by atoms with Crippen molar-refractivity contribution in [2.75, 3.05) is 0 Å². The molecule has 1 N–H and O–H groups in total. The van der Waals surface area contributed by atoms with Gasteiger partial charge < -0.3 is 5.11 Å². The maximum absolute atomic E-state index is 10.2. The normalized spacial score (nSPS) is 12.6. The third-order valence-electron chi connectivity index (χ3n) is 4.00. The minimum absolute atomic E-state index is 0.367. The zero-order chi connectivity index (χ0) is 14.8. The van der Waals surface area contributed by atoms with Gasteiger partial charge in [-0.3, -0.25) is 0 Å². The Labute approximate surface area is 129 Å². The molecule has 1 rings (SSSR count). The fourth-order valence-electron chi connectivity index (χ4n) is 2.61. The van der Waals surface area contributed by atoms with Gasteiger partial charge in [0.15, 0.2) is 0 Å². The summed E-state index contributed by atoms with van der Waals surface area (Å²) in [5, 5.41) is 11.0. The first-order valence-electron chi connectivity index (χ1n) is 8.10. The molecule has 0 heterocycles. The molecule has 0 aliphatic heterocycles. The van der Waals surface area contributed by atoms with Crippen LogP contribution >= 0.6 is 11.6 Å². The van der Waals surface area contributed by atoms with Gasteiger partial charge in [-0.2, -0.15) is 0 Å². The van der Waals surface area contributed by atoms with E-state index in [4.69, 9.17) is 11.6 Å². The first kappa shape index (κ1) is 17.5. The van der Waals surface area contributed by atoms with Gasteiger partial charge in [0.05, 0.1) is 6.10 Å². The van der Waals surface area contributed by atoms with Crippen LogP contribution in [0.1, 0.15) is 81.9 Å². The van der Waals surface area contributed by atoms with Crippen LogP contribution in [-0.2, 0) is 0 Å². The van der Waals surface area contributed by atoms with Crippen LogP contribution in [-0.4, -0.2) is 5.11 Å². The first-order valence-corrected chi connectivity index (χ1v) is 8.47. The zero-order valence-electron chi connectivity index (χ0n) is 13.0. The third-order valence-corrected chi connectivity index (χ3v) is 4.41. The van der Waals surface area contributed by atoms with Crippen molar-refractivity contribution in [1.29, 1.82) is 0 Å². The molecule has 0 spiro atoms. The molecule has 0 aromatic heterocycles. The lowest BCUT2D eigenvalue weighted by molar-refractivity contribution is 0.162. The second-order valence-electron chi connectivity index (χ2n) is 5.73. The smallest absolute Gasteiger partial charge is 0.0793 e. The molecule has 1 aromatic carbocycles. The van der Waals surface area contributed by atoms with Gasteiger partial charge in [0.1, 0.15) is 0 Å². The maximum atomic E-state index is 10.2. The quantitative estimate of drug-likeness (QED) is 0.509. The van der Waals surface area contributed by atoms with E-state index in [1.165, 1.54) is 44.9 Å². The molecule has 1 unspecified atom stereocenters. The Balaban J connectivity index is 2.17. The minimum atomic E-state index is -0.367. The molecule has 114 valence electrons. The van der Waals surface area contributed by atoms with Crippen LogP contribution in [0.5, 0.6) is 0 Å². The lowest BCUT2D eigenvalue weighted by Gasteiger charge is -2.14. The Morgan fingerprint density at radius 1 is 1.00 bits per heavy atom. The number of halogens is 1. The van der Waals surface area contributed by atoms with E-state index in [9.17, 15) is 5.11 Å². The molecule has 0 aliphatic rings. The Hall–Kier alpha value is -0.530. The fourth-order valence-corrected chi connectivity index (χ4v) is 2.79. The summed E-state index contributed by atoms with van der Waals surface area (Å²) >= 11 is 6.09. The average molecular weight is 297 g/mol. The zero-order valence-corrected chi connectivity index (χ0v) is 13.8. The van der Waals surface area contributed by atoms with Gasteiger partial charge in [-0.1, -0.05) is 82.0 Å². The van der Waals surface area contributed by atoms with Crippen molar-refractivity contribution in [2.45, 2.75) is 77.7 Å². The lowest BCUT2D eigenvalue weighted by atomic mass is 9.98. The molecule has 0 bridgehead atoms. The van der Waals surface area contributed by atoms with Crippen molar-refractivity contribution in [2.24, 2.45) is 0 Å². The van der Waals surface area contributed by atoms with Crippen molar-refractivity contribution in [3.63, 3.8) is 0 Å². The molecule has 1 aromatic rings. The van der Waals surface area contributed by atoms with E-state index in [1.807, 2.05) is 25.1 Å². The molecule has 2 heteroatoms. The van der Waals surface area contributed by atoms with Crippen LogP contribution in [0, 0.1) is 6.92 Å². The topological polar surface area (TPSA) is 20.2 Å². The predicted octanol–water partition coefficient (Wildman–Crippen LogP) is 6.21. The molecule has 0 fully saturated rings. The number of hydrogen-bond acceptors (Lipinski definition) is 1. The SMILES string of the molecule is CCCCCCCCCCC(O)c1cccc(Cl)c1C. The second-order valence-corrected chi connectivity index (χ2v) is 6.14. The molecule has 1 nitrogen and oxygen atoms in total. The summed E-state index contributed by atoms with van der Waals surface area (Å²) in [6, 6.07) is 5.78. The van der Waals surface area contributed by atoms with Crippen LogP contribution in [0.2, 0.25) is 5.02 Å². The maximum Gasteiger partial charge on any atom is 0.0793 e. The van der Waals surface area contributed by atoms with E-state index in [0.29, 0.717) is 0 Å². The number of rotatable bonds is 10. The summed E-state index contributed by atoms with van der Waals surface area (Å²) in [6.07, 6.45) is 10.9. The van der Waals surface area contributed by atoms with Gasteiger partial charge in [0.25, 0.3) is 0 Å². The van der Waals surface area contributed by atoms with E-state index >= 15 is 0 Å². The standard InChI is InChI=1S/C18H29ClO/c1-3-4-5-6-7-8-9-10-14-18(20)16-12-11-13-17(19)15(16)2/h11-13,18,20H,3-10,14H2,1-2H3. The Morgan fingerprint density at radius 3 is 2.25 bits per heavy atom. The van der Waals surface area contributed by atoms with Crippen LogP contribution in [0.4, 0.5) is 0 Å². The second kappa shape index (κ2) is 10.2. The average Bonchev–Trinajstić information content (AvgIpc) is 2.44. The highest BCUT2D eigenvalue weighted by molar-refractivity contribution is 6.31. The van der Waals surface area contributed by atoms with Crippen molar-refractivity contribution in [3.05, 3.63) is 34.3 Å². The number of aliphatic hydroxyl groups excluding tert-OH is 1. The summed E-state index contributed by atoms with van der Waals surface area (Å²) < 4.78 is 0. The van der Waals surface area contributed by atoms with Crippen LogP contribution in [0.3, 0.4) is 0 Å². The van der Waals surface area contributed by atoms with Gasteiger partial charge in [0.2, 0.25) is 0 Å². The van der Waals surface area contributed by atoms with Crippen LogP contribution in [0.25, 0.3) is 0 Å². The van der Waals surface area contributed by atoms with Gasteiger partial charge in [-0.15, -0.1) is 0 Å². The summed E-state index contributed by atoms with van der Waals surface area (Å²) in [5.74, 6) is 0. The molecule has 0 radical (unpaired) electrons. The Kier molecular flexibility index (Phi) is 8.97. The van der Waals surface area contributed by atoms with Crippen molar-refractivity contribution < 1.29 is 5.11 Å². The third kappa shape index (κ3) is 6.28. The van der Waals surface area contributed by atoms with Crippen molar-refractivity contribution >= 4 is 11.6 Å². The van der Waals surface area contributed by atoms with Gasteiger partial charge in [-0.05, 0) is 30.5 Å². The Bertz CT molecular complexity index is 376. The molecular formula is C18H29ClO. The number of hydrogen-bond donors (Lipinski definition) is 1. The Morgan fingerprint density at radius 2 is 1.60 bits per heavy atom. The molecule has 0 saturated heterocycles. The van der Waals surface area contributed by atoms with E-state index in [2.05, 4.69) is 6.92 Å². The summed E-state index contributed by atoms with van der Waals surface area (Å²) in [4.78, 5) is 0.